The normalized spacial score (nSPS) is 12.2. The summed E-state index contributed by atoms with van der Waals surface area (Å²) in [5.74, 6) is 0.764. The highest BCUT2D eigenvalue weighted by atomic mass is 16.5. The van der Waals surface area contributed by atoms with Gasteiger partial charge in [-0.3, -0.25) is 4.98 Å². The monoisotopic (exact) mass is 223 g/mol. The summed E-state index contributed by atoms with van der Waals surface area (Å²) in [6.07, 6.45) is 3.90. The summed E-state index contributed by atoms with van der Waals surface area (Å²) in [6.45, 7) is 4.74. The van der Waals surface area contributed by atoms with Crippen LogP contribution in [0.2, 0.25) is 0 Å². The quantitative estimate of drug-likeness (QED) is 0.773. The van der Waals surface area contributed by atoms with Crippen molar-refractivity contribution in [2.75, 3.05) is 19.0 Å². The number of nitrogens with two attached hydrogens (primary N) is 1. The van der Waals surface area contributed by atoms with E-state index in [1.54, 1.807) is 13.3 Å². The zero-order valence-electron chi connectivity index (χ0n) is 10.3. The van der Waals surface area contributed by atoms with Gasteiger partial charge < -0.3 is 15.8 Å². The van der Waals surface area contributed by atoms with E-state index in [0.29, 0.717) is 12.6 Å². The van der Waals surface area contributed by atoms with Gasteiger partial charge in [0.1, 0.15) is 0 Å². The molecule has 4 heteroatoms. The number of methoxy groups -OCH3 is 1. The van der Waals surface area contributed by atoms with Crippen LogP contribution in [0.4, 0.5) is 5.69 Å². The molecule has 3 N–H and O–H groups in total. The summed E-state index contributed by atoms with van der Waals surface area (Å²) >= 11 is 0. The number of aryl methyl sites for hydroxylation is 1. The lowest BCUT2D eigenvalue weighted by Gasteiger charge is -2.19. The minimum Gasteiger partial charge on any atom is -0.493 e. The summed E-state index contributed by atoms with van der Waals surface area (Å²) in [7, 11) is 1.65. The van der Waals surface area contributed by atoms with Gasteiger partial charge >= 0.3 is 0 Å². The fraction of sp³-hybridized carbons (Fsp3) is 0.583. The molecule has 1 atom stereocenters. The van der Waals surface area contributed by atoms with Crippen LogP contribution >= 0.6 is 0 Å². The third kappa shape index (κ3) is 3.38. The maximum absolute atomic E-state index is 5.72. The second kappa shape index (κ2) is 6.33. The molecular weight excluding hydrogens is 202 g/mol. The molecule has 0 aliphatic rings. The molecule has 0 spiro atoms. The Morgan fingerprint density at radius 2 is 2.31 bits per heavy atom. The van der Waals surface area contributed by atoms with Crippen LogP contribution in [-0.2, 0) is 0 Å². The predicted molar refractivity (Wildman–Crippen MR) is 66.9 cm³/mol. The van der Waals surface area contributed by atoms with Crippen molar-refractivity contribution in [1.82, 2.24) is 4.98 Å². The maximum Gasteiger partial charge on any atom is 0.160 e. The number of pyridine rings is 1. The zero-order chi connectivity index (χ0) is 12.0. The van der Waals surface area contributed by atoms with Gasteiger partial charge in [0.25, 0.3) is 0 Å². The number of aromatic nitrogens is 1. The molecule has 0 aliphatic heterocycles. The molecule has 1 rings (SSSR count). The van der Waals surface area contributed by atoms with Crippen molar-refractivity contribution in [2.45, 2.75) is 32.7 Å². The van der Waals surface area contributed by atoms with Crippen molar-refractivity contribution >= 4 is 5.69 Å². The van der Waals surface area contributed by atoms with Crippen molar-refractivity contribution in [3.63, 3.8) is 0 Å². The lowest BCUT2D eigenvalue weighted by atomic mass is 10.1. The van der Waals surface area contributed by atoms with Gasteiger partial charge in [-0.2, -0.15) is 0 Å². The van der Waals surface area contributed by atoms with E-state index >= 15 is 0 Å². The average Bonchev–Trinajstić information content (AvgIpc) is 2.29. The standard InChI is InChI=1S/C12H21N3O/c1-4-5-10(7-13)15-11-6-9(2)14-8-12(11)16-3/h6,8,10H,4-5,7,13H2,1-3H3,(H,14,15). The van der Waals surface area contributed by atoms with Crippen LogP contribution in [0.5, 0.6) is 5.75 Å². The average molecular weight is 223 g/mol. The van der Waals surface area contributed by atoms with E-state index in [9.17, 15) is 0 Å². The van der Waals surface area contributed by atoms with Crippen LogP contribution in [0.15, 0.2) is 12.3 Å². The smallest absolute Gasteiger partial charge is 0.160 e. The molecule has 90 valence electrons. The van der Waals surface area contributed by atoms with Crippen LogP contribution in [0.25, 0.3) is 0 Å². The molecule has 1 unspecified atom stereocenters. The summed E-state index contributed by atoms with van der Waals surface area (Å²) in [6, 6.07) is 2.28. The second-order valence-electron chi connectivity index (χ2n) is 3.89. The van der Waals surface area contributed by atoms with Gasteiger partial charge in [-0.15, -0.1) is 0 Å². The Kier molecular flexibility index (Phi) is 5.05. The Balaban J connectivity index is 2.80. The lowest BCUT2D eigenvalue weighted by Crippen LogP contribution is -2.28. The highest BCUT2D eigenvalue weighted by Gasteiger charge is 2.09. The van der Waals surface area contributed by atoms with E-state index in [1.165, 1.54) is 0 Å². The molecule has 4 nitrogen and oxygen atoms in total. The number of nitrogens with one attached hydrogen (secondary N) is 1. The summed E-state index contributed by atoms with van der Waals surface area (Å²) in [5.41, 5.74) is 7.66. The number of hydrogen-bond donors (Lipinski definition) is 2. The first-order chi connectivity index (χ1) is 7.71. The maximum atomic E-state index is 5.72. The lowest BCUT2D eigenvalue weighted by molar-refractivity contribution is 0.413. The summed E-state index contributed by atoms with van der Waals surface area (Å²) < 4.78 is 5.26. The van der Waals surface area contributed by atoms with Crippen molar-refractivity contribution in [2.24, 2.45) is 5.73 Å². The fourth-order valence-electron chi connectivity index (χ4n) is 1.64. The van der Waals surface area contributed by atoms with E-state index in [4.69, 9.17) is 10.5 Å². The third-order valence-corrected chi connectivity index (χ3v) is 2.51. The molecule has 16 heavy (non-hydrogen) atoms. The van der Waals surface area contributed by atoms with E-state index in [-0.39, 0.29) is 0 Å². The van der Waals surface area contributed by atoms with Gasteiger partial charge in [0, 0.05) is 18.3 Å². The minimum absolute atomic E-state index is 0.292. The molecule has 0 aromatic carbocycles. The van der Waals surface area contributed by atoms with Gasteiger partial charge in [0.05, 0.1) is 19.0 Å². The van der Waals surface area contributed by atoms with Crippen molar-refractivity contribution in [3.8, 4) is 5.75 Å². The molecule has 0 bridgehead atoms. The highest BCUT2D eigenvalue weighted by molar-refractivity contribution is 5.56. The predicted octanol–water partition coefficient (Wildman–Crippen LogP) is 1.94. The molecule has 1 aromatic heterocycles. The van der Waals surface area contributed by atoms with Crippen LogP contribution in [0.3, 0.4) is 0 Å². The molecule has 0 radical (unpaired) electrons. The Labute approximate surface area is 97.2 Å². The Morgan fingerprint density at radius 3 is 2.88 bits per heavy atom. The second-order valence-corrected chi connectivity index (χ2v) is 3.89. The first-order valence-corrected chi connectivity index (χ1v) is 5.68. The molecular formula is C12H21N3O. The Hall–Kier alpha value is -1.29. The third-order valence-electron chi connectivity index (χ3n) is 2.51. The molecule has 0 saturated heterocycles. The van der Waals surface area contributed by atoms with E-state index in [0.717, 1.165) is 30.0 Å². The van der Waals surface area contributed by atoms with Crippen LogP contribution in [0, 0.1) is 6.92 Å². The number of ether oxygens (including phenoxy) is 1. The van der Waals surface area contributed by atoms with Gasteiger partial charge in [-0.25, -0.2) is 0 Å². The SMILES string of the molecule is CCCC(CN)Nc1cc(C)ncc1OC. The molecule has 0 saturated carbocycles. The highest BCUT2D eigenvalue weighted by Crippen LogP contribution is 2.24. The topological polar surface area (TPSA) is 60.2 Å². The van der Waals surface area contributed by atoms with Gasteiger partial charge in [0.2, 0.25) is 0 Å². The summed E-state index contributed by atoms with van der Waals surface area (Å²) in [4.78, 5) is 4.19. The molecule has 1 aromatic rings. The van der Waals surface area contributed by atoms with E-state index < -0.39 is 0 Å². The van der Waals surface area contributed by atoms with Crippen molar-refractivity contribution < 1.29 is 4.74 Å². The molecule has 0 aliphatic carbocycles. The van der Waals surface area contributed by atoms with Crippen LogP contribution in [0.1, 0.15) is 25.5 Å². The first-order valence-electron chi connectivity index (χ1n) is 5.68. The van der Waals surface area contributed by atoms with Gasteiger partial charge in [-0.1, -0.05) is 13.3 Å². The fourth-order valence-corrected chi connectivity index (χ4v) is 1.64. The van der Waals surface area contributed by atoms with E-state index in [1.807, 2.05) is 13.0 Å². The number of rotatable bonds is 6. The van der Waals surface area contributed by atoms with Gasteiger partial charge in [-0.05, 0) is 19.4 Å². The molecule has 0 amide bonds. The van der Waals surface area contributed by atoms with E-state index in [2.05, 4.69) is 17.2 Å². The van der Waals surface area contributed by atoms with Gasteiger partial charge in [0.15, 0.2) is 5.75 Å². The molecule has 1 heterocycles. The number of anilines is 1. The summed E-state index contributed by atoms with van der Waals surface area (Å²) in [5, 5.41) is 3.40. The van der Waals surface area contributed by atoms with Crippen molar-refractivity contribution in [1.29, 1.82) is 0 Å². The molecule has 0 fully saturated rings. The number of nitrogens with zero attached hydrogens (tertiary/aromatic N) is 1. The largest absolute Gasteiger partial charge is 0.493 e. The van der Waals surface area contributed by atoms with Crippen LogP contribution < -0.4 is 15.8 Å². The Morgan fingerprint density at radius 1 is 1.56 bits per heavy atom. The number of hydrogen-bond acceptors (Lipinski definition) is 4. The zero-order valence-corrected chi connectivity index (χ0v) is 10.3. The van der Waals surface area contributed by atoms with Crippen LogP contribution in [-0.4, -0.2) is 24.7 Å². The first kappa shape index (κ1) is 12.8. The Bertz CT molecular complexity index is 328. The minimum atomic E-state index is 0.292. The van der Waals surface area contributed by atoms with Crippen molar-refractivity contribution in [3.05, 3.63) is 18.0 Å².